The van der Waals surface area contributed by atoms with Crippen LogP contribution in [-0.4, -0.2) is 28.4 Å². The number of Topliss-reactive ketones (excluding diaryl/α,β-unsaturated/α-hetero) is 1. The van der Waals surface area contributed by atoms with Crippen LogP contribution in [0.3, 0.4) is 0 Å². The number of anilines is 2. The highest BCUT2D eigenvalue weighted by molar-refractivity contribution is 6.32. The topological polar surface area (TPSA) is 97.4 Å². The van der Waals surface area contributed by atoms with Crippen molar-refractivity contribution >= 4 is 40.8 Å². The fourth-order valence-corrected chi connectivity index (χ4v) is 4.00. The largest absolute Gasteiger partial charge is 0.444 e. The van der Waals surface area contributed by atoms with Gasteiger partial charge in [0.1, 0.15) is 5.60 Å². The molecule has 2 N–H and O–H groups in total. The molecule has 11 heteroatoms. The zero-order valence-corrected chi connectivity index (χ0v) is 22.7. The fourth-order valence-electron chi connectivity index (χ4n) is 3.73. The number of nitrogens with zero attached hydrogens (tertiary/aromatic N) is 1. The minimum absolute atomic E-state index is 0.228. The number of aromatic nitrogens is 1. The number of carbonyl (C=O) groups excluding carboxylic acids is 3. The lowest BCUT2D eigenvalue weighted by Crippen LogP contribution is -2.28. The van der Waals surface area contributed by atoms with Gasteiger partial charge in [-0.2, -0.15) is 13.2 Å². The molecule has 2 aromatic carbocycles. The predicted octanol–water partition coefficient (Wildman–Crippen LogP) is 7.60. The number of alkyl halides is 3. The lowest BCUT2D eigenvalue weighted by Gasteiger charge is -2.21. The Hall–Kier alpha value is -3.92. The summed E-state index contributed by atoms with van der Waals surface area (Å²) in [6, 6.07) is 11.8. The molecule has 3 rings (SSSR count). The molecule has 206 valence electrons. The predicted molar refractivity (Wildman–Crippen MR) is 143 cm³/mol. The van der Waals surface area contributed by atoms with Crippen LogP contribution in [0.2, 0.25) is 5.02 Å². The Morgan fingerprint density at radius 2 is 1.51 bits per heavy atom. The van der Waals surface area contributed by atoms with Crippen LogP contribution in [0.1, 0.15) is 54.5 Å². The second-order valence-corrected chi connectivity index (χ2v) is 10.3. The average Bonchev–Trinajstić information content (AvgIpc) is 2.78. The summed E-state index contributed by atoms with van der Waals surface area (Å²) in [5.41, 5.74) is 0.698. The van der Waals surface area contributed by atoms with Crippen LogP contribution in [-0.2, 0) is 15.7 Å². The summed E-state index contributed by atoms with van der Waals surface area (Å²) in [6.07, 6.45) is -6.46. The Balaban J connectivity index is 1.84. The van der Waals surface area contributed by atoms with Crippen LogP contribution in [0, 0.1) is 13.8 Å². The second-order valence-electron chi connectivity index (χ2n) is 9.87. The molecule has 0 fully saturated rings. The van der Waals surface area contributed by atoms with Crippen molar-refractivity contribution in [3.05, 3.63) is 76.1 Å². The van der Waals surface area contributed by atoms with Gasteiger partial charge < -0.3 is 10.1 Å². The first-order valence-electron chi connectivity index (χ1n) is 11.8. The van der Waals surface area contributed by atoms with Gasteiger partial charge in [0.15, 0.2) is 5.78 Å². The molecule has 0 radical (unpaired) electrons. The zero-order valence-electron chi connectivity index (χ0n) is 21.9. The van der Waals surface area contributed by atoms with E-state index in [0.29, 0.717) is 6.07 Å². The summed E-state index contributed by atoms with van der Waals surface area (Å²) in [7, 11) is 0. The number of amides is 2. The number of halogens is 4. The molecule has 0 saturated carbocycles. The third kappa shape index (κ3) is 8.28. The van der Waals surface area contributed by atoms with E-state index in [4.69, 9.17) is 16.3 Å². The number of ether oxygens (including phenoxy) is 1. The van der Waals surface area contributed by atoms with Crippen molar-refractivity contribution in [2.45, 2.75) is 52.8 Å². The van der Waals surface area contributed by atoms with Crippen LogP contribution in [0.15, 0.2) is 48.5 Å². The molecule has 0 aliphatic rings. The third-order valence-corrected chi connectivity index (χ3v) is 5.56. The van der Waals surface area contributed by atoms with Gasteiger partial charge in [-0.3, -0.25) is 19.9 Å². The standard InChI is InChI=1S/C28H27ClF3N3O4/c1-15-9-19(10-16(2)33-15)17-7-6-8-18(11-17)24(36)14-25(37)34-22-12-20(28(30,31)32)21(29)13-23(22)35-26(38)39-27(3,4)5/h6-13H,14H2,1-5H3,(H,34,37)(H,35,38). The summed E-state index contributed by atoms with van der Waals surface area (Å²) in [5, 5.41) is 3.88. The number of hydrogen-bond acceptors (Lipinski definition) is 5. The van der Waals surface area contributed by atoms with Gasteiger partial charge >= 0.3 is 12.3 Å². The highest BCUT2D eigenvalue weighted by Crippen LogP contribution is 2.39. The van der Waals surface area contributed by atoms with E-state index >= 15 is 0 Å². The van der Waals surface area contributed by atoms with Gasteiger partial charge in [-0.25, -0.2) is 4.79 Å². The first-order chi connectivity index (χ1) is 18.0. The van der Waals surface area contributed by atoms with Crippen molar-refractivity contribution in [3.63, 3.8) is 0 Å². The monoisotopic (exact) mass is 561 g/mol. The summed E-state index contributed by atoms with van der Waals surface area (Å²) < 4.78 is 45.6. The lowest BCUT2D eigenvalue weighted by molar-refractivity contribution is -0.137. The minimum atomic E-state index is -4.83. The van der Waals surface area contributed by atoms with Crippen molar-refractivity contribution in [1.29, 1.82) is 0 Å². The van der Waals surface area contributed by atoms with E-state index in [1.165, 1.54) is 0 Å². The molecule has 0 aliphatic carbocycles. The second kappa shape index (κ2) is 11.4. The SMILES string of the molecule is Cc1cc(-c2cccc(C(=O)CC(=O)Nc3cc(C(F)(F)F)c(Cl)cc3NC(=O)OC(C)(C)C)c2)cc(C)n1. The molecule has 0 aliphatic heterocycles. The van der Waals surface area contributed by atoms with Crippen molar-refractivity contribution in [1.82, 2.24) is 4.98 Å². The number of rotatable bonds is 6. The Bertz CT molecular complexity index is 1410. The summed E-state index contributed by atoms with van der Waals surface area (Å²) >= 11 is 5.81. The molecule has 1 heterocycles. The molecular formula is C28H27ClF3N3O4. The summed E-state index contributed by atoms with van der Waals surface area (Å²) in [5.74, 6) is -1.44. The number of pyridine rings is 1. The lowest BCUT2D eigenvalue weighted by atomic mass is 9.99. The van der Waals surface area contributed by atoms with Gasteiger partial charge in [-0.05, 0) is 76.1 Å². The molecule has 0 unspecified atom stereocenters. The molecule has 0 saturated heterocycles. The summed E-state index contributed by atoms with van der Waals surface area (Å²) in [4.78, 5) is 42.2. The quantitative estimate of drug-likeness (QED) is 0.238. The number of ketones is 1. The molecular weight excluding hydrogens is 535 g/mol. The highest BCUT2D eigenvalue weighted by Gasteiger charge is 2.34. The normalized spacial score (nSPS) is 11.6. The minimum Gasteiger partial charge on any atom is -0.444 e. The van der Waals surface area contributed by atoms with E-state index in [-0.39, 0.29) is 11.3 Å². The van der Waals surface area contributed by atoms with E-state index in [1.54, 1.807) is 39.0 Å². The van der Waals surface area contributed by atoms with Crippen LogP contribution >= 0.6 is 11.6 Å². The Kier molecular flexibility index (Phi) is 8.70. The first kappa shape index (κ1) is 29.6. The van der Waals surface area contributed by atoms with Gasteiger partial charge in [-0.1, -0.05) is 29.8 Å². The van der Waals surface area contributed by atoms with E-state index in [2.05, 4.69) is 15.6 Å². The fraction of sp³-hybridized carbons (Fsp3) is 0.286. The van der Waals surface area contributed by atoms with Crippen LogP contribution in [0.25, 0.3) is 11.1 Å². The van der Waals surface area contributed by atoms with E-state index in [0.717, 1.165) is 28.6 Å². The zero-order chi connectivity index (χ0) is 29.1. The van der Waals surface area contributed by atoms with Crippen LogP contribution < -0.4 is 10.6 Å². The Morgan fingerprint density at radius 3 is 2.10 bits per heavy atom. The van der Waals surface area contributed by atoms with Gasteiger partial charge in [0, 0.05) is 17.0 Å². The van der Waals surface area contributed by atoms with Gasteiger partial charge in [-0.15, -0.1) is 0 Å². The molecule has 0 atom stereocenters. The molecule has 1 aromatic heterocycles. The van der Waals surface area contributed by atoms with Crippen LogP contribution in [0.4, 0.5) is 29.3 Å². The molecule has 3 aromatic rings. The van der Waals surface area contributed by atoms with Crippen molar-refractivity contribution in [2.75, 3.05) is 10.6 Å². The van der Waals surface area contributed by atoms with Gasteiger partial charge in [0.05, 0.1) is 28.4 Å². The third-order valence-electron chi connectivity index (χ3n) is 5.24. The van der Waals surface area contributed by atoms with Gasteiger partial charge in [0.2, 0.25) is 5.91 Å². The Labute approximate surface area is 228 Å². The van der Waals surface area contributed by atoms with Gasteiger partial charge in [0.25, 0.3) is 0 Å². The smallest absolute Gasteiger partial charge is 0.417 e. The van der Waals surface area contributed by atoms with Crippen molar-refractivity contribution in [2.24, 2.45) is 0 Å². The maximum absolute atomic E-state index is 13.5. The van der Waals surface area contributed by atoms with Crippen LogP contribution in [0.5, 0.6) is 0 Å². The van der Waals surface area contributed by atoms with Crippen molar-refractivity contribution in [3.8, 4) is 11.1 Å². The maximum atomic E-state index is 13.5. The average molecular weight is 562 g/mol. The molecule has 0 spiro atoms. The molecule has 2 amide bonds. The number of benzene rings is 2. The first-order valence-corrected chi connectivity index (χ1v) is 12.2. The van der Waals surface area contributed by atoms with E-state index in [9.17, 15) is 27.6 Å². The van der Waals surface area contributed by atoms with E-state index in [1.807, 2.05) is 32.0 Å². The number of carbonyl (C=O) groups is 3. The molecule has 7 nitrogen and oxygen atoms in total. The maximum Gasteiger partial charge on any atom is 0.417 e. The number of hydrogen-bond donors (Lipinski definition) is 2. The van der Waals surface area contributed by atoms with Crippen molar-refractivity contribution < 1.29 is 32.3 Å². The Morgan fingerprint density at radius 1 is 0.897 bits per heavy atom. The molecule has 0 bridgehead atoms. The van der Waals surface area contributed by atoms with E-state index < -0.39 is 52.3 Å². The highest BCUT2D eigenvalue weighted by atomic mass is 35.5. The number of nitrogens with one attached hydrogen (secondary N) is 2. The summed E-state index contributed by atoms with van der Waals surface area (Å²) in [6.45, 7) is 8.51. The molecule has 39 heavy (non-hydrogen) atoms. The number of aryl methyl sites for hydroxylation is 2.